The lowest BCUT2D eigenvalue weighted by molar-refractivity contribution is 0.102. The molecule has 0 aliphatic rings. The molecule has 0 aliphatic carbocycles. The Labute approximate surface area is 196 Å². The lowest BCUT2D eigenvalue weighted by Gasteiger charge is -2.11. The molecular weight excluding hydrogens is 426 g/mol. The van der Waals surface area contributed by atoms with E-state index in [0.717, 1.165) is 11.3 Å². The normalized spacial score (nSPS) is 11.4. The van der Waals surface area contributed by atoms with Crippen molar-refractivity contribution in [1.29, 1.82) is 0 Å². The molecule has 0 bridgehead atoms. The quantitative estimate of drug-likeness (QED) is 0.388. The second kappa shape index (κ2) is 8.67. The van der Waals surface area contributed by atoms with Gasteiger partial charge >= 0.3 is 0 Å². The van der Waals surface area contributed by atoms with Crippen LogP contribution in [-0.4, -0.2) is 40.9 Å². The fourth-order valence-electron chi connectivity index (χ4n) is 3.69. The number of nitrogens with zero attached hydrogens (tertiary/aromatic N) is 5. The van der Waals surface area contributed by atoms with Crippen molar-refractivity contribution in [1.82, 2.24) is 14.6 Å². The van der Waals surface area contributed by atoms with E-state index in [-0.39, 0.29) is 17.3 Å². The van der Waals surface area contributed by atoms with E-state index < -0.39 is 0 Å². The first kappa shape index (κ1) is 21.1. The van der Waals surface area contributed by atoms with E-state index >= 15 is 0 Å². The van der Waals surface area contributed by atoms with E-state index in [4.69, 9.17) is 15.7 Å². The highest BCUT2D eigenvalue weighted by molar-refractivity contribution is 6.16. The maximum Gasteiger partial charge on any atom is 0.261 e. The predicted octanol–water partition coefficient (Wildman–Crippen LogP) is 4.37. The van der Waals surface area contributed by atoms with Crippen LogP contribution in [0.4, 0.5) is 17.2 Å². The molecule has 34 heavy (non-hydrogen) atoms. The van der Waals surface area contributed by atoms with Crippen molar-refractivity contribution < 1.29 is 4.79 Å². The Kier molecular flexibility index (Phi) is 5.39. The fraction of sp³-hybridized carbons (Fsp3) is 0.0769. The highest BCUT2D eigenvalue weighted by Gasteiger charge is 2.24. The van der Waals surface area contributed by atoms with Gasteiger partial charge in [-0.05, 0) is 42.0 Å². The summed E-state index contributed by atoms with van der Waals surface area (Å²) in [5, 5.41) is 7.45. The maximum absolute atomic E-state index is 13.2. The molecule has 5 rings (SSSR count). The van der Waals surface area contributed by atoms with Crippen LogP contribution in [0.5, 0.6) is 0 Å². The van der Waals surface area contributed by atoms with Crippen molar-refractivity contribution in [3.63, 3.8) is 0 Å². The van der Waals surface area contributed by atoms with Gasteiger partial charge in [-0.25, -0.2) is 9.97 Å². The molecule has 0 saturated heterocycles. The number of anilines is 3. The molecule has 5 aromatic rings. The molecule has 0 saturated carbocycles. The van der Waals surface area contributed by atoms with Gasteiger partial charge in [-0.2, -0.15) is 9.78 Å². The Balaban J connectivity index is 1.62. The summed E-state index contributed by atoms with van der Waals surface area (Å²) in [4.78, 5) is 24.7. The van der Waals surface area contributed by atoms with Crippen LogP contribution in [0, 0.1) is 0 Å². The zero-order valence-electron chi connectivity index (χ0n) is 18.8. The van der Waals surface area contributed by atoms with Crippen molar-refractivity contribution in [2.45, 2.75) is 0 Å². The number of para-hydroxylation sites is 3. The van der Waals surface area contributed by atoms with Crippen molar-refractivity contribution >= 4 is 51.5 Å². The summed E-state index contributed by atoms with van der Waals surface area (Å²) in [6, 6.07) is 24.6. The highest BCUT2D eigenvalue weighted by atomic mass is 16.1. The number of carbonyl (C=O) groups is 1. The number of rotatable bonds is 5. The van der Waals surface area contributed by atoms with Crippen molar-refractivity contribution in [3.8, 4) is 0 Å². The average Bonchev–Trinajstić information content (AvgIpc) is 3.12. The van der Waals surface area contributed by atoms with Gasteiger partial charge in [0.05, 0.1) is 17.2 Å². The number of hydrogen-bond acceptors (Lipinski definition) is 6. The van der Waals surface area contributed by atoms with Gasteiger partial charge in [0.2, 0.25) is 0 Å². The number of aromatic nitrogens is 3. The number of hydrogen-bond donors (Lipinski definition) is 2. The van der Waals surface area contributed by atoms with Crippen LogP contribution in [0.2, 0.25) is 0 Å². The number of nitrogens with two attached hydrogens (primary N) is 1. The van der Waals surface area contributed by atoms with Crippen LogP contribution < -0.4 is 16.0 Å². The van der Waals surface area contributed by atoms with Crippen LogP contribution in [-0.2, 0) is 0 Å². The summed E-state index contributed by atoms with van der Waals surface area (Å²) in [6.07, 6.45) is 1.69. The summed E-state index contributed by atoms with van der Waals surface area (Å²) < 4.78 is 1.47. The van der Waals surface area contributed by atoms with Crippen molar-refractivity contribution in [3.05, 3.63) is 90.0 Å². The SMILES string of the molecule is CN(C)c1ccc(/C=N\n2c(N)c(C(=O)Nc3ccccc3)c3nc4ccccc4nc32)cc1. The Morgan fingerprint density at radius 1 is 0.941 bits per heavy atom. The van der Waals surface area contributed by atoms with Gasteiger partial charge in [0.15, 0.2) is 5.65 Å². The molecular formula is C26H23N7O. The minimum atomic E-state index is -0.373. The van der Waals surface area contributed by atoms with Gasteiger partial charge in [-0.15, -0.1) is 0 Å². The average molecular weight is 450 g/mol. The summed E-state index contributed by atoms with van der Waals surface area (Å²) in [5.41, 5.74) is 11.5. The van der Waals surface area contributed by atoms with Gasteiger partial charge in [-0.1, -0.05) is 42.5 Å². The summed E-state index contributed by atoms with van der Waals surface area (Å²) >= 11 is 0. The second-order valence-corrected chi connectivity index (χ2v) is 8.01. The Hall–Kier alpha value is -4.72. The molecule has 168 valence electrons. The Morgan fingerprint density at radius 2 is 1.59 bits per heavy atom. The van der Waals surface area contributed by atoms with Gasteiger partial charge in [0.1, 0.15) is 16.9 Å². The van der Waals surface area contributed by atoms with Crippen molar-refractivity contribution in [2.24, 2.45) is 5.10 Å². The molecule has 0 spiro atoms. The molecule has 2 heterocycles. The monoisotopic (exact) mass is 449 g/mol. The Bertz CT molecular complexity index is 1520. The van der Waals surface area contributed by atoms with Crippen LogP contribution in [0.1, 0.15) is 15.9 Å². The van der Waals surface area contributed by atoms with Crippen LogP contribution >= 0.6 is 0 Å². The lowest BCUT2D eigenvalue weighted by atomic mass is 10.2. The maximum atomic E-state index is 13.2. The number of fused-ring (bicyclic) bond motifs is 2. The first-order valence-corrected chi connectivity index (χ1v) is 10.8. The molecule has 0 aliphatic heterocycles. The zero-order chi connectivity index (χ0) is 23.7. The molecule has 0 fully saturated rings. The first-order valence-electron chi connectivity index (χ1n) is 10.8. The van der Waals surface area contributed by atoms with Crippen LogP contribution in [0.3, 0.4) is 0 Å². The van der Waals surface area contributed by atoms with E-state index in [1.807, 2.05) is 97.9 Å². The predicted molar refractivity (Wildman–Crippen MR) is 138 cm³/mol. The number of amides is 1. The number of nitrogen functional groups attached to an aromatic ring is 1. The first-order chi connectivity index (χ1) is 16.5. The van der Waals surface area contributed by atoms with Gasteiger partial charge in [0.25, 0.3) is 5.91 Å². The fourth-order valence-corrected chi connectivity index (χ4v) is 3.69. The smallest absolute Gasteiger partial charge is 0.261 e. The molecule has 0 atom stereocenters. The number of benzene rings is 3. The molecule has 0 radical (unpaired) electrons. The van der Waals surface area contributed by atoms with Crippen molar-refractivity contribution in [2.75, 3.05) is 30.0 Å². The topological polar surface area (TPSA) is 101 Å². The van der Waals surface area contributed by atoms with E-state index in [1.165, 1.54) is 4.68 Å². The minimum absolute atomic E-state index is 0.167. The van der Waals surface area contributed by atoms with E-state index in [9.17, 15) is 4.79 Å². The summed E-state index contributed by atoms with van der Waals surface area (Å²) in [7, 11) is 3.97. The van der Waals surface area contributed by atoms with E-state index in [0.29, 0.717) is 27.9 Å². The van der Waals surface area contributed by atoms with E-state index in [1.54, 1.807) is 6.21 Å². The molecule has 3 N–H and O–H groups in total. The second-order valence-electron chi connectivity index (χ2n) is 8.01. The largest absolute Gasteiger partial charge is 0.383 e. The third kappa shape index (κ3) is 3.93. The molecule has 3 aromatic carbocycles. The molecule has 8 nitrogen and oxygen atoms in total. The third-order valence-electron chi connectivity index (χ3n) is 5.46. The molecule has 8 heteroatoms. The molecule has 2 aromatic heterocycles. The van der Waals surface area contributed by atoms with E-state index in [2.05, 4.69) is 10.4 Å². The summed E-state index contributed by atoms with van der Waals surface area (Å²) in [6.45, 7) is 0. The molecule has 1 amide bonds. The number of nitrogens with one attached hydrogen (secondary N) is 1. The lowest BCUT2D eigenvalue weighted by Crippen LogP contribution is -2.14. The van der Waals surface area contributed by atoms with Gasteiger partial charge < -0.3 is 16.0 Å². The third-order valence-corrected chi connectivity index (χ3v) is 5.46. The van der Waals surface area contributed by atoms with Gasteiger partial charge in [0, 0.05) is 25.5 Å². The van der Waals surface area contributed by atoms with Gasteiger partial charge in [-0.3, -0.25) is 4.79 Å². The Morgan fingerprint density at radius 3 is 2.26 bits per heavy atom. The van der Waals surface area contributed by atoms with Crippen LogP contribution in [0.15, 0.2) is 84.0 Å². The summed E-state index contributed by atoms with van der Waals surface area (Å²) in [5.74, 6) is -0.206. The molecule has 0 unspecified atom stereocenters. The zero-order valence-corrected chi connectivity index (χ0v) is 18.8. The highest BCUT2D eigenvalue weighted by Crippen LogP contribution is 2.28. The minimum Gasteiger partial charge on any atom is -0.383 e. The standard InChI is InChI=1S/C26H23N7O/c1-32(2)19-14-12-17(13-15-19)16-28-33-24(27)22(26(34)29-18-8-4-3-5-9-18)23-25(33)31-21-11-7-6-10-20(21)30-23/h3-16H,27H2,1-2H3,(H,29,34)/b28-16-. The number of carbonyl (C=O) groups excluding carboxylic acids is 1. The van der Waals surface area contributed by atoms with Crippen LogP contribution in [0.25, 0.3) is 22.2 Å².